The molecule has 0 atom stereocenters. The van der Waals surface area contributed by atoms with E-state index in [4.69, 9.17) is 5.73 Å². The van der Waals surface area contributed by atoms with E-state index in [0.29, 0.717) is 17.3 Å². The Hall–Kier alpha value is -3.51. The van der Waals surface area contributed by atoms with Crippen LogP contribution < -0.4 is 16.0 Å². The van der Waals surface area contributed by atoms with Crippen molar-refractivity contribution in [3.63, 3.8) is 0 Å². The number of nitrogens with two attached hydrogens (primary N) is 1. The Morgan fingerprint density at radius 1 is 1.18 bits per heavy atom. The van der Waals surface area contributed by atoms with Gasteiger partial charge in [-0.05, 0) is 30.3 Å². The van der Waals surface area contributed by atoms with Gasteiger partial charge in [0.1, 0.15) is 11.6 Å². The number of aromatic amines is 1. The molecule has 2 aromatic carbocycles. The van der Waals surface area contributed by atoms with Crippen molar-refractivity contribution in [1.82, 2.24) is 14.5 Å². The molecule has 1 aliphatic heterocycles. The maximum absolute atomic E-state index is 13.6. The van der Waals surface area contributed by atoms with E-state index in [2.05, 4.69) is 15.5 Å². The van der Waals surface area contributed by atoms with E-state index in [9.17, 15) is 22.0 Å². The van der Waals surface area contributed by atoms with Gasteiger partial charge in [-0.2, -0.15) is 9.40 Å². The molecule has 1 aromatic heterocycles. The number of nitrogen functional groups attached to an aromatic ring is 1. The molecule has 3 aromatic rings. The topological polar surface area (TPSA) is 124 Å². The van der Waals surface area contributed by atoms with E-state index in [-0.39, 0.29) is 36.6 Å². The Morgan fingerprint density at radius 2 is 1.88 bits per heavy atom. The van der Waals surface area contributed by atoms with Crippen molar-refractivity contribution in [2.75, 3.05) is 36.6 Å². The minimum absolute atomic E-state index is 0.0853. The van der Waals surface area contributed by atoms with Gasteiger partial charge in [0.05, 0.1) is 10.5 Å². The minimum Gasteiger partial charge on any atom is -0.398 e. The average Bonchev–Trinajstić information content (AvgIpc) is 3.14. The summed E-state index contributed by atoms with van der Waals surface area (Å²) in [6.45, 7) is -0.0427. The minimum atomic E-state index is -4.17. The van der Waals surface area contributed by atoms with Crippen LogP contribution in [0.5, 0.6) is 0 Å². The zero-order valence-corrected chi connectivity index (χ0v) is 18.7. The highest BCUT2D eigenvalue weighted by Gasteiger charge is 2.32. The molecule has 2 heterocycles. The Bertz CT molecular complexity index is 1320. The molecule has 12 heteroatoms. The van der Waals surface area contributed by atoms with E-state index >= 15 is 0 Å². The highest BCUT2D eigenvalue weighted by atomic mass is 32.2. The number of hydrogen-bond acceptors (Lipinski definition) is 6. The van der Waals surface area contributed by atoms with E-state index in [1.807, 2.05) is 19.0 Å². The number of carbonyl (C=O) groups is 1. The van der Waals surface area contributed by atoms with E-state index in [0.717, 1.165) is 22.1 Å². The number of halogens is 2. The Kier molecular flexibility index (Phi) is 5.80. The standard InChI is InChI=1S/C21H22F2N6O3S/c1-28(2)14-3-4-16(18(24)10-14)21(30)25-20-17-11-29(6-5-19(17)26-27-20)33(31,32)15-8-12(22)7-13(23)9-15/h3-4,7-10H,5-6,11,24H2,1-2H3,(H2,25,26,27,30). The molecule has 0 unspecified atom stereocenters. The molecule has 1 amide bonds. The quantitative estimate of drug-likeness (QED) is 0.486. The number of aromatic nitrogens is 2. The van der Waals surface area contributed by atoms with Gasteiger partial charge < -0.3 is 16.0 Å². The van der Waals surface area contributed by atoms with Crippen molar-refractivity contribution in [3.05, 3.63) is 64.9 Å². The Balaban J connectivity index is 1.58. The molecule has 174 valence electrons. The molecule has 4 N–H and O–H groups in total. The van der Waals surface area contributed by atoms with Gasteiger partial charge in [0.25, 0.3) is 5.91 Å². The van der Waals surface area contributed by atoms with Crippen LogP contribution in [0.4, 0.5) is 26.0 Å². The van der Waals surface area contributed by atoms with Gasteiger partial charge in [0.2, 0.25) is 10.0 Å². The first-order chi connectivity index (χ1) is 15.6. The lowest BCUT2D eigenvalue weighted by Crippen LogP contribution is -2.36. The van der Waals surface area contributed by atoms with Crippen molar-refractivity contribution < 1.29 is 22.0 Å². The fourth-order valence-electron chi connectivity index (χ4n) is 3.62. The molecule has 0 aliphatic carbocycles. The van der Waals surface area contributed by atoms with Gasteiger partial charge >= 0.3 is 0 Å². The summed E-state index contributed by atoms with van der Waals surface area (Å²) in [7, 11) is -0.471. The third kappa shape index (κ3) is 4.39. The number of H-pyrrole nitrogens is 1. The van der Waals surface area contributed by atoms with Gasteiger partial charge in [0.15, 0.2) is 5.82 Å². The summed E-state index contributed by atoms with van der Waals surface area (Å²) >= 11 is 0. The predicted molar refractivity (Wildman–Crippen MR) is 119 cm³/mol. The zero-order chi connectivity index (χ0) is 23.9. The Labute approximate surface area is 189 Å². The SMILES string of the molecule is CN(C)c1ccc(C(=O)Nc2n[nH]c3c2CN(S(=O)(=O)c2cc(F)cc(F)c2)CC3)c(N)c1. The number of amides is 1. The molecule has 0 spiro atoms. The summed E-state index contributed by atoms with van der Waals surface area (Å²) in [5.41, 5.74) is 8.52. The zero-order valence-electron chi connectivity index (χ0n) is 17.9. The van der Waals surface area contributed by atoms with E-state index < -0.39 is 32.5 Å². The first-order valence-electron chi connectivity index (χ1n) is 9.97. The normalized spacial score (nSPS) is 14.1. The summed E-state index contributed by atoms with van der Waals surface area (Å²) in [5.74, 6) is -2.31. The van der Waals surface area contributed by atoms with E-state index in [1.54, 1.807) is 18.2 Å². The number of nitrogens with zero attached hydrogens (tertiary/aromatic N) is 3. The number of fused-ring (bicyclic) bond motifs is 1. The molecule has 4 rings (SSSR count). The molecule has 9 nitrogen and oxygen atoms in total. The lowest BCUT2D eigenvalue weighted by atomic mass is 10.1. The van der Waals surface area contributed by atoms with Crippen molar-refractivity contribution >= 4 is 33.1 Å². The summed E-state index contributed by atoms with van der Waals surface area (Å²) in [5, 5.41) is 9.59. The average molecular weight is 477 g/mol. The van der Waals surface area contributed by atoms with Crippen LogP contribution in [0.3, 0.4) is 0 Å². The lowest BCUT2D eigenvalue weighted by Gasteiger charge is -2.26. The van der Waals surface area contributed by atoms with Crippen molar-refractivity contribution in [3.8, 4) is 0 Å². The number of rotatable bonds is 5. The van der Waals surface area contributed by atoms with Crippen molar-refractivity contribution in [2.45, 2.75) is 17.9 Å². The number of benzene rings is 2. The maximum Gasteiger partial charge on any atom is 0.258 e. The smallest absolute Gasteiger partial charge is 0.258 e. The van der Waals surface area contributed by atoms with E-state index in [1.165, 1.54) is 0 Å². The largest absolute Gasteiger partial charge is 0.398 e. The number of sulfonamides is 1. The first kappa shape index (κ1) is 22.7. The van der Waals surface area contributed by atoms with Crippen LogP contribution in [-0.2, 0) is 23.0 Å². The van der Waals surface area contributed by atoms with Crippen LogP contribution >= 0.6 is 0 Å². The second kappa shape index (κ2) is 8.45. The second-order valence-electron chi connectivity index (χ2n) is 7.84. The molecule has 1 aliphatic rings. The Morgan fingerprint density at radius 3 is 2.52 bits per heavy atom. The number of nitrogens with one attached hydrogen (secondary N) is 2. The van der Waals surface area contributed by atoms with Crippen LogP contribution in [0.1, 0.15) is 21.6 Å². The predicted octanol–water partition coefficient (Wildman–Crippen LogP) is 2.34. The molecular formula is C21H22F2N6O3S. The van der Waals surface area contributed by atoms with Gasteiger partial charge in [-0.15, -0.1) is 0 Å². The van der Waals surface area contributed by atoms with Gasteiger partial charge in [0, 0.05) is 62.3 Å². The van der Waals surface area contributed by atoms with Gasteiger partial charge in [-0.1, -0.05) is 0 Å². The summed E-state index contributed by atoms with van der Waals surface area (Å²) in [6.07, 6.45) is 0.287. The van der Waals surface area contributed by atoms with Crippen molar-refractivity contribution in [2.24, 2.45) is 0 Å². The fraction of sp³-hybridized carbons (Fsp3) is 0.238. The summed E-state index contributed by atoms with van der Waals surface area (Å²) in [6, 6.07) is 7.15. The molecule has 0 saturated carbocycles. The maximum atomic E-state index is 13.6. The monoisotopic (exact) mass is 476 g/mol. The molecule has 0 fully saturated rings. The molecule has 33 heavy (non-hydrogen) atoms. The molecule has 0 bridgehead atoms. The molecule has 0 saturated heterocycles. The first-order valence-corrected chi connectivity index (χ1v) is 11.4. The number of carbonyl (C=O) groups excluding carboxylic acids is 1. The van der Waals surface area contributed by atoms with Crippen molar-refractivity contribution in [1.29, 1.82) is 0 Å². The van der Waals surface area contributed by atoms with Crippen LogP contribution in [0.25, 0.3) is 0 Å². The van der Waals surface area contributed by atoms with Gasteiger partial charge in [-0.3, -0.25) is 9.89 Å². The number of hydrogen-bond donors (Lipinski definition) is 3. The van der Waals surface area contributed by atoms with Gasteiger partial charge in [-0.25, -0.2) is 17.2 Å². The lowest BCUT2D eigenvalue weighted by molar-refractivity contribution is 0.102. The highest BCUT2D eigenvalue weighted by molar-refractivity contribution is 7.89. The molecule has 0 radical (unpaired) electrons. The fourth-order valence-corrected chi connectivity index (χ4v) is 5.07. The van der Waals surface area contributed by atoms with Crippen LogP contribution in [0.2, 0.25) is 0 Å². The third-order valence-corrected chi connectivity index (χ3v) is 7.22. The van der Waals surface area contributed by atoms with Crippen LogP contribution in [-0.4, -0.2) is 49.5 Å². The highest BCUT2D eigenvalue weighted by Crippen LogP contribution is 2.29. The molecular weight excluding hydrogens is 454 g/mol. The number of anilines is 3. The van der Waals surface area contributed by atoms with Crippen LogP contribution in [0.15, 0.2) is 41.3 Å². The summed E-state index contributed by atoms with van der Waals surface area (Å²) < 4.78 is 54.2. The second-order valence-corrected chi connectivity index (χ2v) is 9.78. The van der Waals surface area contributed by atoms with Crippen LogP contribution in [0, 0.1) is 11.6 Å². The summed E-state index contributed by atoms with van der Waals surface area (Å²) in [4.78, 5) is 14.2. The third-order valence-electron chi connectivity index (χ3n) is 5.40.